The standard InChI is InChI=1S/C20H25ClN2O3S/c1-13-6-8-18(14(2)10-13)16(4)22-20(24)12-23(27(5,25)26)19-9-7-17(21)11-15(19)3/h6-11,16H,12H2,1-5H3,(H,22,24). The molecule has 0 radical (unpaired) electrons. The number of anilines is 1. The fourth-order valence-corrected chi connectivity index (χ4v) is 4.23. The van der Waals surface area contributed by atoms with Gasteiger partial charge in [-0.15, -0.1) is 0 Å². The van der Waals surface area contributed by atoms with Crippen molar-refractivity contribution in [3.05, 3.63) is 63.7 Å². The number of hydrogen-bond donors (Lipinski definition) is 1. The van der Waals surface area contributed by atoms with E-state index < -0.39 is 10.0 Å². The molecule has 0 aromatic heterocycles. The number of halogens is 1. The molecule has 0 aliphatic heterocycles. The van der Waals surface area contributed by atoms with Gasteiger partial charge in [-0.3, -0.25) is 9.10 Å². The number of nitrogens with zero attached hydrogens (tertiary/aromatic N) is 1. The first-order chi connectivity index (χ1) is 12.5. The van der Waals surface area contributed by atoms with Crippen molar-refractivity contribution in [1.82, 2.24) is 5.32 Å². The summed E-state index contributed by atoms with van der Waals surface area (Å²) in [5.74, 6) is -0.373. The molecule has 5 nitrogen and oxygen atoms in total. The largest absolute Gasteiger partial charge is 0.348 e. The van der Waals surface area contributed by atoms with Crippen molar-refractivity contribution in [3.8, 4) is 0 Å². The third kappa shape index (κ3) is 5.47. The molecule has 7 heteroatoms. The summed E-state index contributed by atoms with van der Waals surface area (Å²) < 4.78 is 25.6. The lowest BCUT2D eigenvalue weighted by molar-refractivity contribution is -0.120. The molecule has 0 fully saturated rings. The van der Waals surface area contributed by atoms with E-state index in [9.17, 15) is 13.2 Å². The van der Waals surface area contributed by atoms with Crippen LogP contribution in [0.4, 0.5) is 5.69 Å². The topological polar surface area (TPSA) is 66.5 Å². The Balaban J connectivity index is 2.21. The van der Waals surface area contributed by atoms with Gasteiger partial charge in [0.1, 0.15) is 6.54 Å². The second kappa shape index (κ2) is 8.31. The average molecular weight is 409 g/mol. The minimum Gasteiger partial charge on any atom is -0.348 e. The van der Waals surface area contributed by atoms with Crippen LogP contribution >= 0.6 is 11.6 Å². The molecule has 1 amide bonds. The number of amides is 1. The Labute approximate surface area is 166 Å². The van der Waals surface area contributed by atoms with Gasteiger partial charge in [0, 0.05) is 5.02 Å². The van der Waals surface area contributed by atoms with Crippen LogP contribution in [-0.2, 0) is 14.8 Å². The molecule has 1 N–H and O–H groups in total. The van der Waals surface area contributed by atoms with Gasteiger partial charge < -0.3 is 5.32 Å². The molecule has 2 aromatic rings. The highest BCUT2D eigenvalue weighted by atomic mass is 35.5. The zero-order valence-electron chi connectivity index (χ0n) is 16.2. The Morgan fingerprint density at radius 1 is 1.11 bits per heavy atom. The number of sulfonamides is 1. The van der Waals surface area contributed by atoms with Gasteiger partial charge in [-0.05, 0) is 62.6 Å². The number of rotatable bonds is 6. The summed E-state index contributed by atoms with van der Waals surface area (Å²) in [7, 11) is -3.63. The third-order valence-electron chi connectivity index (χ3n) is 4.38. The van der Waals surface area contributed by atoms with Crippen LogP contribution in [0.1, 0.15) is 35.2 Å². The SMILES string of the molecule is Cc1ccc(C(C)NC(=O)CN(c2ccc(Cl)cc2C)S(C)(=O)=O)c(C)c1. The van der Waals surface area contributed by atoms with Crippen LogP contribution in [-0.4, -0.2) is 27.1 Å². The smallest absolute Gasteiger partial charge is 0.241 e. The van der Waals surface area contributed by atoms with E-state index in [-0.39, 0.29) is 18.5 Å². The molecular weight excluding hydrogens is 384 g/mol. The normalized spacial score (nSPS) is 12.5. The minimum atomic E-state index is -3.63. The summed E-state index contributed by atoms with van der Waals surface area (Å²) >= 11 is 5.96. The van der Waals surface area contributed by atoms with Crippen molar-refractivity contribution < 1.29 is 13.2 Å². The van der Waals surface area contributed by atoms with Gasteiger partial charge >= 0.3 is 0 Å². The van der Waals surface area contributed by atoms with Crippen LogP contribution in [0.15, 0.2) is 36.4 Å². The van der Waals surface area contributed by atoms with E-state index in [1.165, 1.54) is 0 Å². The van der Waals surface area contributed by atoms with Crippen LogP contribution in [0.3, 0.4) is 0 Å². The van der Waals surface area contributed by atoms with E-state index in [0.29, 0.717) is 16.3 Å². The lowest BCUT2D eigenvalue weighted by Crippen LogP contribution is -2.41. The van der Waals surface area contributed by atoms with E-state index in [4.69, 9.17) is 11.6 Å². The zero-order chi connectivity index (χ0) is 20.4. The summed E-state index contributed by atoms with van der Waals surface area (Å²) in [5, 5.41) is 3.40. The van der Waals surface area contributed by atoms with Crippen molar-refractivity contribution in [2.24, 2.45) is 0 Å². The van der Waals surface area contributed by atoms with Crippen LogP contribution < -0.4 is 9.62 Å². The number of benzene rings is 2. The van der Waals surface area contributed by atoms with Gasteiger partial charge in [0.25, 0.3) is 0 Å². The number of carbonyl (C=O) groups is 1. The molecule has 0 bridgehead atoms. The molecule has 0 aliphatic rings. The van der Waals surface area contributed by atoms with Crippen LogP contribution in [0.2, 0.25) is 5.02 Å². The maximum Gasteiger partial charge on any atom is 0.241 e. The van der Waals surface area contributed by atoms with Gasteiger partial charge in [-0.2, -0.15) is 0 Å². The van der Waals surface area contributed by atoms with Gasteiger partial charge in [0.05, 0.1) is 18.0 Å². The summed E-state index contributed by atoms with van der Waals surface area (Å²) in [6.07, 6.45) is 1.09. The summed E-state index contributed by atoms with van der Waals surface area (Å²) in [6, 6.07) is 10.7. The summed E-state index contributed by atoms with van der Waals surface area (Å²) in [4.78, 5) is 12.6. The number of carbonyl (C=O) groups excluding carboxylic acids is 1. The molecule has 1 unspecified atom stereocenters. The van der Waals surface area contributed by atoms with E-state index in [1.807, 2.05) is 32.9 Å². The third-order valence-corrected chi connectivity index (χ3v) is 5.75. The molecule has 0 spiro atoms. The van der Waals surface area contributed by atoms with Crippen molar-refractivity contribution in [2.75, 3.05) is 17.1 Å². The fourth-order valence-electron chi connectivity index (χ4n) is 3.09. The zero-order valence-corrected chi connectivity index (χ0v) is 17.8. The molecule has 0 saturated heterocycles. The maximum atomic E-state index is 12.6. The molecule has 1 atom stereocenters. The highest BCUT2D eigenvalue weighted by Crippen LogP contribution is 2.25. The first-order valence-corrected chi connectivity index (χ1v) is 10.8. The Kier molecular flexibility index (Phi) is 6.54. The number of nitrogens with one attached hydrogen (secondary N) is 1. The fraction of sp³-hybridized carbons (Fsp3) is 0.350. The first-order valence-electron chi connectivity index (χ1n) is 8.59. The second-order valence-corrected chi connectivity index (χ2v) is 9.19. The van der Waals surface area contributed by atoms with Crippen LogP contribution in [0, 0.1) is 20.8 Å². The van der Waals surface area contributed by atoms with Gasteiger partial charge in [-0.25, -0.2) is 8.42 Å². The molecular formula is C20H25ClN2O3S. The van der Waals surface area contributed by atoms with E-state index in [0.717, 1.165) is 27.3 Å². The van der Waals surface area contributed by atoms with Crippen molar-refractivity contribution in [3.63, 3.8) is 0 Å². The van der Waals surface area contributed by atoms with Gasteiger partial charge in [0.15, 0.2) is 0 Å². The van der Waals surface area contributed by atoms with Crippen LogP contribution in [0.5, 0.6) is 0 Å². The molecule has 2 rings (SSSR count). The molecule has 0 saturated carbocycles. The lowest BCUT2D eigenvalue weighted by atomic mass is 10.0. The van der Waals surface area contributed by atoms with E-state index in [2.05, 4.69) is 11.4 Å². The van der Waals surface area contributed by atoms with Crippen molar-refractivity contribution in [1.29, 1.82) is 0 Å². The highest BCUT2D eigenvalue weighted by Gasteiger charge is 2.23. The van der Waals surface area contributed by atoms with Gasteiger partial charge in [-0.1, -0.05) is 35.4 Å². The molecule has 0 heterocycles. The average Bonchev–Trinajstić information content (AvgIpc) is 2.52. The number of hydrogen-bond acceptors (Lipinski definition) is 3. The molecule has 146 valence electrons. The lowest BCUT2D eigenvalue weighted by Gasteiger charge is -2.25. The number of aryl methyl sites for hydroxylation is 3. The molecule has 27 heavy (non-hydrogen) atoms. The van der Waals surface area contributed by atoms with Crippen molar-refractivity contribution >= 4 is 33.2 Å². The molecule has 0 aliphatic carbocycles. The Hall–Kier alpha value is -2.05. The van der Waals surface area contributed by atoms with Crippen LogP contribution in [0.25, 0.3) is 0 Å². The maximum absolute atomic E-state index is 12.6. The first kappa shape index (κ1) is 21.3. The second-order valence-electron chi connectivity index (χ2n) is 6.85. The van der Waals surface area contributed by atoms with E-state index in [1.54, 1.807) is 25.1 Å². The van der Waals surface area contributed by atoms with Crippen molar-refractivity contribution in [2.45, 2.75) is 33.7 Å². The van der Waals surface area contributed by atoms with Gasteiger partial charge in [0.2, 0.25) is 15.9 Å². The summed E-state index contributed by atoms with van der Waals surface area (Å²) in [5.41, 5.74) is 4.36. The quantitative estimate of drug-likeness (QED) is 0.787. The Morgan fingerprint density at radius 3 is 2.33 bits per heavy atom. The predicted molar refractivity (Wildman–Crippen MR) is 111 cm³/mol. The Bertz CT molecular complexity index is 958. The van der Waals surface area contributed by atoms with E-state index >= 15 is 0 Å². The Morgan fingerprint density at radius 2 is 1.78 bits per heavy atom. The highest BCUT2D eigenvalue weighted by molar-refractivity contribution is 7.92. The molecule has 2 aromatic carbocycles. The minimum absolute atomic E-state index is 0.231. The predicted octanol–water partition coefficient (Wildman–Crippen LogP) is 3.91. The summed E-state index contributed by atoms with van der Waals surface area (Å²) in [6.45, 7) is 7.35. The monoisotopic (exact) mass is 408 g/mol.